The van der Waals surface area contributed by atoms with Crippen molar-refractivity contribution in [3.63, 3.8) is 0 Å². The average Bonchev–Trinajstić information content (AvgIpc) is 2.30. The highest BCUT2D eigenvalue weighted by atomic mass is 16.3. The summed E-state index contributed by atoms with van der Waals surface area (Å²) in [5.74, 6) is 0.832. The van der Waals surface area contributed by atoms with E-state index in [2.05, 4.69) is 50.4 Å². The second-order valence-corrected chi connectivity index (χ2v) is 4.62. The van der Waals surface area contributed by atoms with Crippen molar-refractivity contribution in [1.29, 1.82) is 0 Å². The Morgan fingerprint density at radius 1 is 1.19 bits per heavy atom. The van der Waals surface area contributed by atoms with Crippen LogP contribution in [0.1, 0.15) is 26.3 Å². The SMILES string of the molecule is CCc1ccc(NCC(CO)C(C)C)cc1. The zero-order chi connectivity index (χ0) is 12.0. The van der Waals surface area contributed by atoms with Crippen LogP contribution >= 0.6 is 0 Å². The highest BCUT2D eigenvalue weighted by Crippen LogP contribution is 2.14. The van der Waals surface area contributed by atoms with E-state index in [1.807, 2.05) is 0 Å². The molecule has 1 atom stereocenters. The lowest BCUT2D eigenvalue weighted by molar-refractivity contribution is 0.198. The van der Waals surface area contributed by atoms with Crippen LogP contribution in [0.2, 0.25) is 0 Å². The number of aryl methyl sites for hydroxylation is 1. The number of hydrogen-bond donors (Lipinski definition) is 2. The Bertz CT molecular complexity index is 292. The first-order valence-electron chi connectivity index (χ1n) is 6.11. The smallest absolute Gasteiger partial charge is 0.0478 e. The monoisotopic (exact) mass is 221 g/mol. The molecule has 1 aromatic carbocycles. The van der Waals surface area contributed by atoms with Gasteiger partial charge in [-0.05, 0) is 30.0 Å². The van der Waals surface area contributed by atoms with Crippen LogP contribution in [0.15, 0.2) is 24.3 Å². The van der Waals surface area contributed by atoms with Crippen molar-refractivity contribution in [1.82, 2.24) is 0 Å². The number of hydrogen-bond acceptors (Lipinski definition) is 2. The lowest BCUT2D eigenvalue weighted by Crippen LogP contribution is -2.22. The van der Waals surface area contributed by atoms with E-state index in [0.29, 0.717) is 11.8 Å². The van der Waals surface area contributed by atoms with Crippen LogP contribution in [0.3, 0.4) is 0 Å². The number of benzene rings is 1. The van der Waals surface area contributed by atoms with Crippen molar-refractivity contribution in [2.45, 2.75) is 27.2 Å². The Labute approximate surface area is 98.7 Å². The van der Waals surface area contributed by atoms with E-state index >= 15 is 0 Å². The van der Waals surface area contributed by atoms with E-state index in [0.717, 1.165) is 18.7 Å². The topological polar surface area (TPSA) is 32.3 Å². The average molecular weight is 221 g/mol. The van der Waals surface area contributed by atoms with Gasteiger partial charge in [0.1, 0.15) is 0 Å². The van der Waals surface area contributed by atoms with Gasteiger partial charge in [0.2, 0.25) is 0 Å². The minimum atomic E-state index is 0.248. The Morgan fingerprint density at radius 3 is 2.25 bits per heavy atom. The first-order chi connectivity index (χ1) is 7.67. The van der Waals surface area contributed by atoms with Gasteiger partial charge in [0, 0.05) is 24.8 Å². The molecule has 0 saturated heterocycles. The number of aliphatic hydroxyl groups excluding tert-OH is 1. The molecule has 0 aliphatic rings. The van der Waals surface area contributed by atoms with E-state index in [1.54, 1.807) is 0 Å². The number of rotatable bonds is 6. The second-order valence-electron chi connectivity index (χ2n) is 4.62. The van der Waals surface area contributed by atoms with Crippen LogP contribution in [-0.4, -0.2) is 18.3 Å². The van der Waals surface area contributed by atoms with Crippen LogP contribution < -0.4 is 5.32 Å². The highest BCUT2D eigenvalue weighted by molar-refractivity contribution is 5.44. The molecule has 2 nitrogen and oxygen atoms in total. The van der Waals surface area contributed by atoms with Crippen LogP contribution in [0.5, 0.6) is 0 Å². The zero-order valence-electron chi connectivity index (χ0n) is 10.5. The van der Waals surface area contributed by atoms with Gasteiger partial charge < -0.3 is 10.4 Å². The molecule has 16 heavy (non-hydrogen) atoms. The molecule has 90 valence electrons. The zero-order valence-corrected chi connectivity index (χ0v) is 10.5. The Balaban J connectivity index is 2.47. The van der Waals surface area contributed by atoms with E-state index < -0.39 is 0 Å². The molecule has 1 aromatic rings. The van der Waals surface area contributed by atoms with Crippen molar-refractivity contribution in [2.75, 3.05) is 18.5 Å². The van der Waals surface area contributed by atoms with Crippen molar-refractivity contribution in [2.24, 2.45) is 11.8 Å². The van der Waals surface area contributed by atoms with Crippen molar-refractivity contribution in [3.05, 3.63) is 29.8 Å². The Kier molecular flexibility index (Phi) is 5.33. The molecule has 0 aliphatic heterocycles. The molecule has 1 unspecified atom stereocenters. The van der Waals surface area contributed by atoms with Gasteiger partial charge in [-0.1, -0.05) is 32.9 Å². The van der Waals surface area contributed by atoms with Gasteiger partial charge in [-0.2, -0.15) is 0 Å². The predicted octanol–water partition coefficient (Wildman–Crippen LogP) is 2.93. The first kappa shape index (κ1) is 13.0. The summed E-state index contributed by atoms with van der Waals surface area (Å²) in [5, 5.41) is 12.6. The van der Waals surface area contributed by atoms with E-state index in [4.69, 9.17) is 0 Å². The minimum Gasteiger partial charge on any atom is -0.396 e. The minimum absolute atomic E-state index is 0.248. The third-order valence-corrected chi connectivity index (χ3v) is 3.11. The highest BCUT2D eigenvalue weighted by Gasteiger charge is 2.11. The lowest BCUT2D eigenvalue weighted by Gasteiger charge is -2.19. The molecular formula is C14H23NO. The largest absolute Gasteiger partial charge is 0.396 e. The van der Waals surface area contributed by atoms with Crippen LogP contribution in [-0.2, 0) is 6.42 Å². The maximum Gasteiger partial charge on any atom is 0.0478 e. The van der Waals surface area contributed by atoms with Gasteiger partial charge in [-0.3, -0.25) is 0 Å². The van der Waals surface area contributed by atoms with Gasteiger partial charge in [0.15, 0.2) is 0 Å². The number of anilines is 1. The van der Waals surface area contributed by atoms with Gasteiger partial charge in [0.25, 0.3) is 0 Å². The van der Waals surface area contributed by atoms with E-state index in [9.17, 15) is 5.11 Å². The van der Waals surface area contributed by atoms with Gasteiger partial charge in [-0.25, -0.2) is 0 Å². The molecule has 0 heterocycles. The molecule has 1 rings (SSSR count). The van der Waals surface area contributed by atoms with E-state index in [-0.39, 0.29) is 6.61 Å². The molecule has 0 amide bonds. The molecule has 2 N–H and O–H groups in total. The van der Waals surface area contributed by atoms with Crippen LogP contribution in [0.4, 0.5) is 5.69 Å². The summed E-state index contributed by atoms with van der Waals surface area (Å²) in [6.07, 6.45) is 1.07. The molecule has 0 spiro atoms. The summed E-state index contributed by atoms with van der Waals surface area (Å²) in [4.78, 5) is 0. The van der Waals surface area contributed by atoms with Gasteiger partial charge in [0.05, 0.1) is 0 Å². The molecule has 0 aromatic heterocycles. The van der Waals surface area contributed by atoms with Gasteiger partial charge >= 0.3 is 0 Å². The fourth-order valence-corrected chi connectivity index (χ4v) is 1.62. The van der Waals surface area contributed by atoms with Crippen LogP contribution in [0, 0.1) is 11.8 Å². The molecule has 0 saturated carbocycles. The summed E-state index contributed by atoms with van der Waals surface area (Å²) in [6.45, 7) is 7.52. The lowest BCUT2D eigenvalue weighted by atomic mass is 9.97. The Hall–Kier alpha value is -1.02. The molecule has 0 bridgehead atoms. The normalized spacial score (nSPS) is 12.8. The quantitative estimate of drug-likeness (QED) is 0.774. The Morgan fingerprint density at radius 2 is 1.81 bits per heavy atom. The van der Waals surface area contributed by atoms with Crippen molar-refractivity contribution < 1.29 is 5.11 Å². The molecule has 0 radical (unpaired) electrons. The standard InChI is InChI=1S/C14H23NO/c1-4-12-5-7-14(8-6-12)15-9-13(10-16)11(2)3/h5-8,11,13,15-16H,4,9-10H2,1-3H3. The van der Waals surface area contributed by atoms with Crippen molar-refractivity contribution in [3.8, 4) is 0 Å². The second kappa shape index (κ2) is 6.54. The molecular weight excluding hydrogens is 198 g/mol. The maximum absolute atomic E-state index is 9.22. The van der Waals surface area contributed by atoms with Gasteiger partial charge in [-0.15, -0.1) is 0 Å². The molecule has 0 aliphatic carbocycles. The molecule has 0 fully saturated rings. The fourth-order valence-electron chi connectivity index (χ4n) is 1.62. The summed E-state index contributed by atoms with van der Waals surface area (Å²) >= 11 is 0. The summed E-state index contributed by atoms with van der Waals surface area (Å²) in [7, 11) is 0. The third-order valence-electron chi connectivity index (χ3n) is 3.11. The summed E-state index contributed by atoms with van der Waals surface area (Å²) in [6, 6.07) is 8.50. The summed E-state index contributed by atoms with van der Waals surface area (Å²) in [5.41, 5.74) is 2.49. The number of nitrogens with one attached hydrogen (secondary N) is 1. The predicted molar refractivity (Wildman–Crippen MR) is 69.7 cm³/mol. The summed E-state index contributed by atoms with van der Waals surface area (Å²) < 4.78 is 0. The van der Waals surface area contributed by atoms with Crippen molar-refractivity contribution >= 4 is 5.69 Å². The fraction of sp³-hybridized carbons (Fsp3) is 0.571. The first-order valence-corrected chi connectivity index (χ1v) is 6.11. The third kappa shape index (κ3) is 3.86. The molecule has 2 heteroatoms. The van der Waals surface area contributed by atoms with E-state index in [1.165, 1.54) is 5.56 Å². The van der Waals surface area contributed by atoms with Crippen LogP contribution in [0.25, 0.3) is 0 Å². The number of aliphatic hydroxyl groups is 1. The maximum atomic E-state index is 9.22.